The van der Waals surface area contributed by atoms with Crippen molar-refractivity contribution in [3.63, 3.8) is 0 Å². The van der Waals surface area contributed by atoms with E-state index >= 15 is 0 Å². The summed E-state index contributed by atoms with van der Waals surface area (Å²) in [5.41, 5.74) is 1.52. The fourth-order valence-corrected chi connectivity index (χ4v) is 2.01. The molecule has 4 heteroatoms. The molecule has 3 nitrogen and oxygen atoms in total. The first kappa shape index (κ1) is 16.2. The van der Waals surface area contributed by atoms with Gasteiger partial charge in [-0.15, -0.1) is 0 Å². The summed E-state index contributed by atoms with van der Waals surface area (Å²) >= 11 is 0. The van der Waals surface area contributed by atoms with E-state index < -0.39 is 11.6 Å². The quantitative estimate of drug-likeness (QED) is 0.874. The molecule has 2 aromatic rings. The minimum Gasteiger partial charge on any atom is -0.456 e. The van der Waals surface area contributed by atoms with Crippen LogP contribution < -0.4 is 0 Å². The molecule has 0 fully saturated rings. The standard InChI is InChI=1S/C18H19FO3/c1-18(2,3)22-17(21)14-7-5-13(6-8-14)15-10-12(11-20)4-9-16(15)19/h4-10,20H,11H2,1-3H3. The number of esters is 1. The van der Waals surface area contributed by atoms with E-state index in [0.29, 0.717) is 22.3 Å². The topological polar surface area (TPSA) is 46.5 Å². The Morgan fingerprint density at radius 3 is 2.32 bits per heavy atom. The van der Waals surface area contributed by atoms with Gasteiger partial charge in [-0.25, -0.2) is 9.18 Å². The third kappa shape index (κ3) is 3.92. The largest absolute Gasteiger partial charge is 0.456 e. The molecule has 0 heterocycles. The summed E-state index contributed by atoms with van der Waals surface area (Å²) in [6.07, 6.45) is 0. The van der Waals surface area contributed by atoms with Crippen molar-refractivity contribution < 1.29 is 19.0 Å². The summed E-state index contributed by atoms with van der Waals surface area (Å²) in [6, 6.07) is 11.0. The molecule has 0 radical (unpaired) electrons. The number of hydrogen-bond acceptors (Lipinski definition) is 3. The van der Waals surface area contributed by atoms with Crippen molar-refractivity contribution in [2.24, 2.45) is 0 Å². The van der Waals surface area contributed by atoms with Crippen molar-refractivity contribution in [3.8, 4) is 11.1 Å². The van der Waals surface area contributed by atoms with Gasteiger partial charge in [0.2, 0.25) is 0 Å². The number of halogens is 1. The van der Waals surface area contributed by atoms with Gasteiger partial charge in [-0.2, -0.15) is 0 Å². The Hall–Kier alpha value is -2.20. The second-order valence-corrected chi connectivity index (χ2v) is 6.05. The summed E-state index contributed by atoms with van der Waals surface area (Å²) in [5, 5.41) is 9.14. The van der Waals surface area contributed by atoms with E-state index in [1.54, 1.807) is 51.1 Å². The maximum atomic E-state index is 13.9. The van der Waals surface area contributed by atoms with Gasteiger partial charge in [0.1, 0.15) is 11.4 Å². The Kier molecular flexibility index (Phi) is 4.62. The number of aliphatic hydroxyl groups is 1. The summed E-state index contributed by atoms with van der Waals surface area (Å²) < 4.78 is 19.2. The van der Waals surface area contributed by atoms with Crippen molar-refractivity contribution >= 4 is 5.97 Å². The monoisotopic (exact) mass is 302 g/mol. The highest BCUT2D eigenvalue weighted by atomic mass is 19.1. The molecule has 0 saturated carbocycles. The van der Waals surface area contributed by atoms with Crippen LogP contribution in [0.2, 0.25) is 0 Å². The molecule has 0 amide bonds. The van der Waals surface area contributed by atoms with Crippen LogP contribution in [0.15, 0.2) is 42.5 Å². The van der Waals surface area contributed by atoms with Crippen LogP contribution in [0.25, 0.3) is 11.1 Å². The SMILES string of the molecule is CC(C)(C)OC(=O)c1ccc(-c2cc(CO)ccc2F)cc1. The van der Waals surface area contributed by atoms with Crippen LogP contribution in [0.3, 0.4) is 0 Å². The van der Waals surface area contributed by atoms with Crippen LogP contribution >= 0.6 is 0 Å². The van der Waals surface area contributed by atoms with Crippen LogP contribution in [0.5, 0.6) is 0 Å². The maximum absolute atomic E-state index is 13.9. The minimum atomic E-state index is -0.558. The maximum Gasteiger partial charge on any atom is 0.338 e. The Bertz CT molecular complexity index is 670. The normalized spacial score (nSPS) is 11.3. The molecule has 0 bridgehead atoms. The highest BCUT2D eigenvalue weighted by Gasteiger charge is 2.18. The highest BCUT2D eigenvalue weighted by molar-refractivity contribution is 5.90. The van der Waals surface area contributed by atoms with Gasteiger partial charge in [-0.05, 0) is 56.2 Å². The van der Waals surface area contributed by atoms with Crippen molar-refractivity contribution in [2.75, 3.05) is 0 Å². The lowest BCUT2D eigenvalue weighted by Gasteiger charge is -2.19. The summed E-state index contributed by atoms with van der Waals surface area (Å²) in [5.74, 6) is -0.786. The van der Waals surface area contributed by atoms with Gasteiger partial charge < -0.3 is 9.84 Å². The first-order valence-electron chi connectivity index (χ1n) is 7.03. The van der Waals surface area contributed by atoms with Crippen LogP contribution in [-0.2, 0) is 11.3 Å². The fourth-order valence-electron chi connectivity index (χ4n) is 2.01. The molecule has 0 saturated heterocycles. The summed E-state index contributed by atoms with van der Waals surface area (Å²) in [6.45, 7) is 5.25. The molecule has 116 valence electrons. The molecule has 0 aliphatic rings. The molecule has 2 aromatic carbocycles. The number of aliphatic hydroxyl groups excluding tert-OH is 1. The molecule has 0 aliphatic heterocycles. The van der Waals surface area contributed by atoms with Crippen LogP contribution in [0.1, 0.15) is 36.7 Å². The van der Waals surface area contributed by atoms with E-state index in [-0.39, 0.29) is 12.4 Å². The van der Waals surface area contributed by atoms with E-state index in [1.165, 1.54) is 12.1 Å². The number of rotatable bonds is 3. The van der Waals surface area contributed by atoms with E-state index in [2.05, 4.69) is 0 Å². The molecular formula is C18H19FO3. The van der Waals surface area contributed by atoms with Crippen LogP contribution in [-0.4, -0.2) is 16.7 Å². The first-order valence-corrected chi connectivity index (χ1v) is 7.03. The second-order valence-electron chi connectivity index (χ2n) is 6.05. The van der Waals surface area contributed by atoms with Gasteiger partial charge in [0.05, 0.1) is 12.2 Å². The van der Waals surface area contributed by atoms with Crippen LogP contribution in [0, 0.1) is 5.82 Å². The second kappa shape index (κ2) is 6.28. The zero-order valence-electron chi connectivity index (χ0n) is 12.9. The summed E-state index contributed by atoms with van der Waals surface area (Å²) in [4.78, 5) is 11.9. The van der Waals surface area contributed by atoms with E-state index in [0.717, 1.165) is 0 Å². The number of carbonyl (C=O) groups excluding carboxylic acids is 1. The zero-order valence-corrected chi connectivity index (χ0v) is 12.9. The molecule has 0 aliphatic carbocycles. The van der Waals surface area contributed by atoms with Crippen molar-refractivity contribution in [1.29, 1.82) is 0 Å². The molecule has 2 rings (SSSR count). The Labute approximate surface area is 129 Å². The average molecular weight is 302 g/mol. The van der Waals surface area contributed by atoms with Gasteiger partial charge in [0.15, 0.2) is 0 Å². The molecular weight excluding hydrogens is 283 g/mol. The molecule has 0 atom stereocenters. The lowest BCUT2D eigenvalue weighted by Crippen LogP contribution is -2.23. The Morgan fingerprint density at radius 1 is 1.14 bits per heavy atom. The van der Waals surface area contributed by atoms with E-state index in [1.807, 2.05) is 0 Å². The van der Waals surface area contributed by atoms with Crippen molar-refractivity contribution in [3.05, 3.63) is 59.4 Å². The predicted molar refractivity (Wildman–Crippen MR) is 82.9 cm³/mol. The molecule has 0 spiro atoms. The average Bonchev–Trinajstić information content (AvgIpc) is 2.46. The number of carbonyl (C=O) groups is 1. The smallest absolute Gasteiger partial charge is 0.338 e. The van der Waals surface area contributed by atoms with E-state index in [4.69, 9.17) is 9.84 Å². The lowest BCUT2D eigenvalue weighted by atomic mass is 10.0. The van der Waals surface area contributed by atoms with Crippen molar-refractivity contribution in [1.82, 2.24) is 0 Å². The Morgan fingerprint density at radius 2 is 1.77 bits per heavy atom. The van der Waals surface area contributed by atoms with Gasteiger partial charge in [0, 0.05) is 5.56 Å². The van der Waals surface area contributed by atoms with Gasteiger partial charge in [0.25, 0.3) is 0 Å². The van der Waals surface area contributed by atoms with Crippen molar-refractivity contribution in [2.45, 2.75) is 33.0 Å². The molecule has 0 unspecified atom stereocenters. The first-order chi connectivity index (χ1) is 10.3. The minimum absolute atomic E-state index is 0.150. The van der Waals surface area contributed by atoms with Gasteiger partial charge in [-0.3, -0.25) is 0 Å². The number of hydrogen-bond donors (Lipinski definition) is 1. The van der Waals surface area contributed by atoms with E-state index in [9.17, 15) is 9.18 Å². The zero-order chi connectivity index (χ0) is 16.3. The highest BCUT2D eigenvalue weighted by Crippen LogP contribution is 2.25. The third-order valence-electron chi connectivity index (χ3n) is 3.04. The van der Waals surface area contributed by atoms with Gasteiger partial charge in [-0.1, -0.05) is 18.2 Å². The van der Waals surface area contributed by atoms with Crippen LogP contribution in [0.4, 0.5) is 4.39 Å². The number of ether oxygens (including phenoxy) is 1. The fraction of sp³-hybridized carbons (Fsp3) is 0.278. The lowest BCUT2D eigenvalue weighted by molar-refractivity contribution is 0.00695. The summed E-state index contributed by atoms with van der Waals surface area (Å²) in [7, 11) is 0. The predicted octanol–water partition coefficient (Wildman–Crippen LogP) is 3.94. The Balaban J connectivity index is 2.27. The number of benzene rings is 2. The van der Waals surface area contributed by atoms with Gasteiger partial charge >= 0.3 is 5.97 Å². The third-order valence-corrected chi connectivity index (χ3v) is 3.04. The molecule has 22 heavy (non-hydrogen) atoms. The molecule has 0 aromatic heterocycles. The molecule has 1 N–H and O–H groups in total.